The molecule has 2 aromatic rings. The van der Waals surface area contributed by atoms with E-state index in [1.54, 1.807) is 0 Å². The van der Waals surface area contributed by atoms with Crippen LogP contribution in [0.15, 0.2) is 41.1 Å². The van der Waals surface area contributed by atoms with Crippen LogP contribution in [0, 0.1) is 28.6 Å². The molecule has 4 aliphatic rings. The maximum atomic E-state index is 13.8. The molecule has 3 fully saturated rings. The number of Topliss-reactive ketones (excluding diaryl/α,β-unsaturated/α-hetero) is 1. The molecule has 5 unspecified atom stereocenters. The van der Waals surface area contributed by atoms with Gasteiger partial charge in [-0.2, -0.15) is 0 Å². The number of nitrogens with zero attached hydrogens (tertiary/aromatic N) is 2. The SMILES string of the molecule is CCn1c(SCC(=O)[C@@]2(O)CCC3C4CCC5=CC(=O)CCC5(C)C4[C@@H](O)CC32C)nc2ccccc21. The van der Waals surface area contributed by atoms with Gasteiger partial charge in [0.05, 0.1) is 22.9 Å². The first-order valence-corrected chi connectivity index (χ1v) is 14.9. The number of ketones is 2. The first-order chi connectivity index (χ1) is 17.6. The minimum Gasteiger partial charge on any atom is -0.393 e. The zero-order valence-electron chi connectivity index (χ0n) is 22.1. The van der Waals surface area contributed by atoms with Gasteiger partial charge in [0.1, 0.15) is 5.60 Å². The van der Waals surface area contributed by atoms with E-state index in [4.69, 9.17) is 4.98 Å². The quantitative estimate of drug-likeness (QED) is 0.540. The van der Waals surface area contributed by atoms with Crippen LogP contribution >= 0.6 is 11.8 Å². The zero-order chi connectivity index (χ0) is 26.2. The fourth-order valence-corrected chi connectivity index (χ4v) is 9.91. The van der Waals surface area contributed by atoms with Crippen molar-refractivity contribution >= 4 is 34.4 Å². The topological polar surface area (TPSA) is 92.4 Å². The largest absolute Gasteiger partial charge is 0.393 e. The first-order valence-electron chi connectivity index (χ1n) is 13.9. The highest BCUT2D eigenvalue weighted by Gasteiger charge is 2.68. The number of benzene rings is 1. The second-order valence-electron chi connectivity index (χ2n) is 12.3. The number of fused-ring (bicyclic) bond motifs is 6. The summed E-state index contributed by atoms with van der Waals surface area (Å²) >= 11 is 1.41. The molecule has 4 aliphatic carbocycles. The van der Waals surface area contributed by atoms with Crippen molar-refractivity contribution in [2.24, 2.45) is 28.6 Å². The Morgan fingerprint density at radius 1 is 1.19 bits per heavy atom. The van der Waals surface area contributed by atoms with Crippen molar-refractivity contribution in [3.05, 3.63) is 35.9 Å². The predicted octanol–water partition coefficient (Wildman–Crippen LogP) is 4.95. The molecule has 6 rings (SSSR count). The Morgan fingerprint density at radius 2 is 1.97 bits per heavy atom. The molecule has 0 radical (unpaired) electrons. The van der Waals surface area contributed by atoms with Gasteiger partial charge in [-0.15, -0.1) is 0 Å². The Labute approximate surface area is 222 Å². The van der Waals surface area contributed by atoms with Crippen molar-refractivity contribution in [1.29, 1.82) is 0 Å². The fourth-order valence-electron chi connectivity index (χ4n) is 8.87. The Balaban J connectivity index is 1.25. The van der Waals surface area contributed by atoms with Crippen molar-refractivity contribution < 1.29 is 19.8 Å². The third-order valence-electron chi connectivity index (χ3n) is 10.8. The number of hydrogen-bond donors (Lipinski definition) is 2. The summed E-state index contributed by atoms with van der Waals surface area (Å²) in [5.74, 6) is 0.748. The molecule has 3 saturated carbocycles. The van der Waals surface area contributed by atoms with Crippen molar-refractivity contribution in [3.8, 4) is 0 Å². The highest BCUT2D eigenvalue weighted by atomic mass is 32.2. The smallest absolute Gasteiger partial charge is 0.175 e. The summed E-state index contributed by atoms with van der Waals surface area (Å²) in [6.45, 7) is 7.11. The van der Waals surface area contributed by atoms with Crippen LogP contribution in [-0.4, -0.2) is 48.8 Å². The van der Waals surface area contributed by atoms with Gasteiger partial charge in [-0.05, 0) is 86.8 Å². The van der Waals surface area contributed by atoms with Crippen LogP contribution in [0.5, 0.6) is 0 Å². The number of carbonyl (C=O) groups excluding carboxylic acids is 2. The van der Waals surface area contributed by atoms with Crippen LogP contribution < -0.4 is 0 Å². The van der Waals surface area contributed by atoms with Gasteiger partial charge in [0.25, 0.3) is 0 Å². The molecule has 0 spiro atoms. The highest BCUT2D eigenvalue weighted by molar-refractivity contribution is 7.99. The van der Waals surface area contributed by atoms with E-state index in [1.165, 1.54) is 17.3 Å². The Hall–Kier alpha value is -1.96. The predicted molar refractivity (Wildman–Crippen MR) is 144 cm³/mol. The Morgan fingerprint density at radius 3 is 2.76 bits per heavy atom. The van der Waals surface area contributed by atoms with Gasteiger partial charge in [0.2, 0.25) is 0 Å². The molecular weight excluding hydrogens is 484 g/mol. The van der Waals surface area contributed by atoms with Crippen LogP contribution in [0.2, 0.25) is 0 Å². The lowest BCUT2D eigenvalue weighted by Crippen LogP contribution is -2.61. The van der Waals surface area contributed by atoms with Gasteiger partial charge >= 0.3 is 0 Å². The van der Waals surface area contributed by atoms with E-state index >= 15 is 0 Å². The van der Waals surface area contributed by atoms with Crippen molar-refractivity contribution in [2.75, 3.05) is 5.75 Å². The monoisotopic (exact) mass is 522 g/mol. The summed E-state index contributed by atoms with van der Waals surface area (Å²) in [5.41, 5.74) is 0.897. The lowest BCUT2D eigenvalue weighted by Gasteiger charge is -2.60. The molecule has 0 bridgehead atoms. The van der Waals surface area contributed by atoms with Crippen LogP contribution in [0.25, 0.3) is 11.0 Å². The molecule has 37 heavy (non-hydrogen) atoms. The van der Waals surface area contributed by atoms with Crippen LogP contribution in [0.4, 0.5) is 0 Å². The molecule has 7 atom stereocenters. The van der Waals surface area contributed by atoms with Gasteiger partial charge < -0.3 is 14.8 Å². The second kappa shape index (κ2) is 8.78. The third-order valence-corrected chi connectivity index (χ3v) is 11.8. The van der Waals surface area contributed by atoms with Crippen molar-refractivity contribution in [3.63, 3.8) is 0 Å². The van der Waals surface area contributed by atoms with Gasteiger partial charge in [-0.3, -0.25) is 9.59 Å². The minimum absolute atomic E-state index is 0.0787. The number of imidazole rings is 1. The molecule has 0 saturated heterocycles. The van der Waals surface area contributed by atoms with E-state index in [0.29, 0.717) is 19.3 Å². The average molecular weight is 523 g/mol. The molecular formula is C30H38N2O4S. The molecule has 1 aromatic carbocycles. The number of aryl methyl sites for hydroxylation is 1. The zero-order valence-corrected chi connectivity index (χ0v) is 22.9. The Kier molecular flexibility index (Phi) is 6.01. The van der Waals surface area contributed by atoms with E-state index in [2.05, 4.69) is 18.4 Å². The lowest BCUT2D eigenvalue weighted by atomic mass is 9.45. The molecule has 0 aliphatic heterocycles. The van der Waals surface area contributed by atoms with E-state index in [1.807, 2.05) is 37.3 Å². The standard InChI is InChI=1S/C30H38N2O4S/c1-4-32-23-8-6-5-7-22(23)31-27(32)37-17-25(35)30(36)14-12-21-20-10-9-18-15-19(33)11-13-28(18,2)26(20)24(34)16-29(21,30)3/h5-8,15,20-21,24,26,34,36H,4,9-14,16-17H2,1-3H3/t20?,21?,24-,26?,28?,29?,30-/m0/s1. The number of aromatic nitrogens is 2. The van der Waals surface area contributed by atoms with Gasteiger partial charge in [-0.1, -0.05) is 43.3 Å². The van der Waals surface area contributed by atoms with Crippen LogP contribution in [-0.2, 0) is 16.1 Å². The number of para-hydroxylation sites is 2. The number of thioether (sulfide) groups is 1. The van der Waals surface area contributed by atoms with Gasteiger partial charge in [0, 0.05) is 18.4 Å². The Bertz CT molecular complexity index is 1300. The van der Waals surface area contributed by atoms with E-state index in [9.17, 15) is 19.8 Å². The second-order valence-corrected chi connectivity index (χ2v) is 13.3. The number of rotatable bonds is 5. The van der Waals surface area contributed by atoms with Crippen molar-refractivity contribution in [2.45, 2.75) is 89.1 Å². The number of aliphatic hydroxyl groups is 2. The number of allylic oxidation sites excluding steroid dienone is 1. The van der Waals surface area contributed by atoms with Crippen LogP contribution in [0.3, 0.4) is 0 Å². The molecule has 198 valence electrons. The average Bonchev–Trinajstić information content (AvgIpc) is 3.37. The molecule has 2 N–H and O–H groups in total. The highest BCUT2D eigenvalue weighted by Crippen LogP contribution is 2.67. The molecule has 6 nitrogen and oxygen atoms in total. The summed E-state index contributed by atoms with van der Waals surface area (Å²) < 4.78 is 2.12. The van der Waals surface area contributed by atoms with E-state index < -0.39 is 17.1 Å². The van der Waals surface area contributed by atoms with Gasteiger partial charge in [0.15, 0.2) is 16.7 Å². The summed E-state index contributed by atoms with van der Waals surface area (Å²) in [5, 5.41) is 24.4. The van der Waals surface area contributed by atoms with Gasteiger partial charge in [-0.25, -0.2) is 4.98 Å². The molecule has 1 aromatic heterocycles. The maximum Gasteiger partial charge on any atom is 0.175 e. The summed E-state index contributed by atoms with van der Waals surface area (Å²) in [6, 6.07) is 7.99. The minimum atomic E-state index is -1.45. The third kappa shape index (κ3) is 3.56. The maximum absolute atomic E-state index is 13.8. The molecule has 1 heterocycles. The number of hydrogen-bond acceptors (Lipinski definition) is 6. The number of carbonyl (C=O) groups is 2. The summed E-state index contributed by atoms with van der Waals surface area (Å²) in [6.07, 6.45) is 6.05. The number of aliphatic hydroxyl groups excluding tert-OH is 1. The first kappa shape index (κ1) is 25.3. The van der Waals surface area contributed by atoms with E-state index in [0.717, 1.165) is 48.4 Å². The summed E-state index contributed by atoms with van der Waals surface area (Å²) in [4.78, 5) is 30.7. The van der Waals surface area contributed by atoms with E-state index in [-0.39, 0.29) is 40.5 Å². The normalized spacial score (nSPS) is 39.2. The van der Waals surface area contributed by atoms with Crippen LogP contribution in [0.1, 0.15) is 65.7 Å². The molecule has 7 heteroatoms. The fraction of sp³-hybridized carbons (Fsp3) is 0.633. The van der Waals surface area contributed by atoms with Crippen molar-refractivity contribution in [1.82, 2.24) is 9.55 Å². The molecule has 0 amide bonds. The summed E-state index contributed by atoms with van der Waals surface area (Å²) in [7, 11) is 0. The lowest BCUT2D eigenvalue weighted by molar-refractivity contribution is -0.178.